The van der Waals surface area contributed by atoms with E-state index < -0.39 is 5.54 Å². The fourth-order valence-electron chi connectivity index (χ4n) is 3.45. The molecule has 0 spiro atoms. The maximum Gasteiger partial charge on any atom is 0.244 e. The summed E-state index contributed by atoms with van der Waals surface area (Å²) in [6.07, 6.45) is 5.33. The zero-order valence-electron chi connectivity index (χ0n) is 13.6. The van der Waals surface area contributed by atoms with Crippen LogP contribution in [0.5, 0.6) is 0 Å². The number of carbonyl (C=O) groups is 3. The van der Waals surface area contributed by atoms with Crippen LogP contribution in [-0.2, 0) is 20.8 Å². The summed E-state index contributed by atoms with van der Waals surface area (Å²) >= 11 is 0. The van der Waals surface area contributed by atoms with Crippen molar-refractivity contribution in [2.45, 2.75) is 50.5 Å². The second kappa shape index (κ2) is 6.73. The minimum absolute atomic E-state index is 0.129. The highest BCUT2D eigenvalue weighted by atomic mass is 16.2. The Morgan fingerprint density at radius 1 is 1.17 bits per heavy atom. The molecular weight excluding hydrogens is 306 g/mol. The molecule has 1 aromatic carbocycles. The Bertz CT molecular complexity index is 648. The summed E-state index contributed by atoms with van der Waals surface area (Å²) in [5, 5.41) is 5.21. The van der Waals surface area contributed by atoms with Crippen molar-refractivity contribution in [3.63, 3.8) is 0 Å². The van der Waals surface area contributed by atoms with Gasteiger partial charge < -0.3 is 11.1 Å². The van der Waals surface area contributed by atoms with E-state index in [-0.39, 0.29) is 30.1 Å². The van der Waals surface area contributed by atoms with Gasteiger partial charge in [0.15, 0.2) is 0 Å². The lowest BCUT2D eigenvalue weighted by Gasteiger charge is -2.31. The van der Waals surface area contributed by atoms with Gasteiger partial charge >= 0.3 is 0 Å². The van der Waals surface area contributed by atoms with Gasteiger partial charge in [0, 0.05) is 12.1 Å². The van der Waals surface area contributed by atoms with E-state index in [9.17, 15) is 14.4 Å². The fourth-order valence-corrected chi connectivity index (χ4v) is 3.45. The maximum atomic E-state index is 12.4. The number of nitrogens with one attached hydrogen (secondary N) is 2. The van der Waals surface area contributed by atoms with Crippen molar-refractivity contribution >= 4 is 23.4 Å². The third kappa shape index (κ3) is 3.64. The van der Waals surface area contributed by atoms with Crippen LogP contribution in [0.4, 0.5) is 5.69 Å². The molecule has 1 unspecified atom stereocenters. The van der Waals surface area contributed by atoms with Crippen LogP contribution in [0.25, 0.3) is 0 Å². The molecular formula is C18H23N3O3. The molecule has 1 aliphatic carbocycles. The predicted molar refractivity (Wildman–Crippen MR) is 90.0 cm³/mol. The van der Waals surface area contributed by atoms with Crippen LogP contribution in [0.3, 0.4) is 0 Å². The van der Waals surface area contributed by atoms with Crippen molar-refractivity contribution in [3.05, 3.63) is 29.8 Å². The van der Waals surface area contributed by atoms with E-state index in [1.165, 1.54) is 0 Å². The lowest BCUT2D eigenvalue weighted by atomic mass is 9.82. The molecule has 24 heavy (non-hydrogen) atoms. The molecule has 0 bridgehead atoms. The molecule has 0 aromatic heterocycles. The Hall–Kier alpha value is -2.21. The molecule has 1 heterocycles. The van der Waals surface area contributed by atoms with E-state index in [1.54, 1.807) is 0 Å². The summed E-state index contributed by atoms with van der Waals surface area (Å²) in [6, 6.07) is 7.37. The van der Waals surface area contributed by atoms with Crippen molar-refractivity contribution in [3.8, 4) is 0 Å². The number of nitrogens with two attached hydrogens (primary N) is 1. The Morgan fingerprint density at radius 3 is 2.42 bits per heavy atom. The Kier molecular flexibility index (Phi) is 4.66. The topological polar surface area (TPSA) is 101 Å². The van der Waals surface area contributed by atoms with Gasteiger partial charge in [-0.05, 0) is 37.0 Å². The minimum Gasteiger partial charge on any atom is -0.324 e. The van der Waals surface area contributed by atoms with Gasteiger partial charge in [-0.15, -0.1) is 0 Å². The van der Waals surface area contributed by atoms with Crippen LogP contribution >= 0.6 is 0 Å². The average Bonchev–Trinajstić information content (AvgIpc) is 2.87. The van der Waals surface area contributed by atoms with Crippen LogP contribution in [0.15, 0.2) is 24.3 Å². The molecule has 0 radical (unpaired) electrons. The number of benzene rings is 1. The number of imide groups is 1. The molecule has 1 aromatic rings. The van der Waals surface area contributed by atoms with Gasteiger partial charge in [-0.3, -0.25) is 19.7 Å². The lowest BCUT2D eigenvalue weighted by molar-refractivity contribution is -0.126. The summed E-state index contributed by atoms with van der Waals surface area (Å²) in [4.78, 5) is 35.2. The monoisotopic (exact) mass is 329 g/mol. The number of carbonyl (C=O) groups excluding carboxylic acids is 3. The standard InChI is InChI=1S/C18H23N3O3/c19-18(8-2-1-3-9-18)17(24)20-14-6-4-12(5-7-14)10-13-11-15(22)21-16(13)23/h4-7,13H,1-3,8-11,19H2,(H,20,24)(H,21,22,23). The fraction of sp³-hybridized carbons (Fsp3) is 0.500. The molecule has 1 saturated heterocycles. The smallest absolute Gasteiger partial charge is 0.244 e. The van der Waals surface area contributed by atoms with E-state index in [0.29, 0.717) is 12.1 Å². The van der Waals surface area contributed by atoms with Gasteiger partial charge in [0.05, 0.1) is 11.5 Å². The van der Waals surface area contributed by atoms with E-state index in [1.807, 2.05) is 24.3 Å². The predicted octanol–water partition coefficient (Wildman–Crippen LogP) is 1.49. The van der Waals surface area contributed by atoms with E-state index in [0.717, 1.165) is 37.7 Å². The van der Waals surface area contributed by atoms with Crippen molar-refractivity contribution in [1.29, 1.82) is 0 Å². The zero-order chi connectivity index (χ0) is 17.2. The Labute approximate surface area is 141 Å². The maximum absolute atomic E-state index is 12.4. The number of amides is 3. The molecule has 6 heteroatoms. The minimum atomic E-state index is -0.765. The molecule has 3 rings (SSSR count). The largest absolute Gasteiger partial charge is 0.324 e. The Balaban J connectivity index is 1.59. The van der Waals surface area contributed by atoms with Crippen LogP contribution < -0.4 is 16.4 Å². The molecule has 4 N–H and O–H groups in total. The number of hydrogen-bond donors (Lipinski definition) is 3. The molecule has 2 aliphatic rings. The first-order valence-corrected chi connectivity index (χ1v) is 8.49. The van der Waals surface area contributed by atoms with Crippen molar-refractivity contribution in [2.75, 3.05) is 5.32 Å². The van der Waals surface area contributed by atoms with E-state index in [2.05, 4.69) is 10.6 Å². The van der Waals surface area contributed by atoms with Gasteiger partial charge in [0.2, 0.25) is 17.7 Å². The van der Waals surface area contributed by atoms with E-state index >= 15 is 0 Å². The van der Waals surface area contributed by atoms with Gasteiger partial charge in [-0.2, -0.15) is 0 Å². The van der Waals surface area contributed by atoms with Crippen molar-refractivity contribution in [1.82, 2.24) is 5.32 Å². The summed E-state index contributed by atoms with van der Waals surface area (Å²) in [5.74, 6) is -0.849. The van der Waals surface area contributed by atoms with Gasteiger partial charge in [0.1, 0.15) is 0 Å². The SMILES string of the molecule is NC1(C(=O)Nc2ccc(CC3CC(=O)NC3=O)cc2)CCCCC1. The first-order chi connectivity index (χ1) is 11.5. The van der Waals surface area contributed by atoms with Gasteiger partial charge in [-0.1, -0.05) is 31.4 Å². The first-order valence-electron chi connectivity index (χ1n) is 8.49. The molecule has 1 aliphatic heterocycles. The summed E-state index contributed by atoms with van der Waals surface area (Å²) in [5.41, 5.74) is 7.13. The highest BCUT2D eigenvalue weighted by Crippen LogP contribution is 2.27. The lowest BCUT2D eigenvalue weighted by Crippen LogP contribution is -2.52. The first kappa shape index (κ1) is 16.6. The summed E-state index contributed by atoms with van der Waals surface area (Å²) < 4.78 is 0. The zero-order valence-corrected chi connectivity index (χ0v) is 13.6. The van der Waals surface area contributed by atoms with Crippen molar-refractivity contribution < 1.29 is 14.4 Å². The number of hydrogen-bond acceptors (Lipinski definition) is 4. The van der Waals surface area contributed by atoms with Gasteiger partial charge in [0.25, 0.3) is 0 Å². The third-order valence-electron chi connectivity index (χ3n) is 4.96. The molecule has 6 nitrogen and oxygen atoms in total. The summed E-state index contributed by atoms with van der Waals surface area (Å²) in [7, 11) is 0. The Morgan fingerprint density at radius 2 is 1.83 bits per heavy atom. The third-order valence-corrected chi connectivity index (χ3v) is 4.96. The quantitative estimate of drug-likeness (QED) is 0.728. The number of rotatable bonds is 4. The molecule has 3 amide bonds. The van der Waals surface area contributed by atoms with Gasteiger partial charge in [-0.25, -0.2) is 0 Å². The summed E-state index contributed by atoms with van der Waals surface area (Å²) in [6.45, 7) is 0. The van der Waals surface area contributed by atoms with Crippen LogP contribution in [0.1, 0.15) is 44.1 Å². The molecule has 1 atom stereocenters. The normalized spacial score (nSPS) is 23.0. The highest BCUT2D eigenvalue weighted by Gasteiger charge is 2.35. The molecule has 2 fully saturated rings. The van der Waals surface area contributed by atoms with Crippen LogP contribution in [0, 0.1) is 5.92 Å². The molecule has 128 valence electrons. The second-order valence-corrected chi connectivity index (χ2v) is 6.89. The van der Waals surface area contributed by atoms with Crippen LogP contribution in [0.2, 0.25) is 0 Å². The average molecular weight is 329 g/mol. The van der Waals surface area contributed by atoms with Crippen molar-refractivity contribution in [2.24, 2.45) is 11.7 Å². The number of anilines is 1. The van der Waals surface area contributed by atoms with Crippen LogP contribution in [-0.4, -0.2) is 23.3 Å². The van der Waals surface area contributed by atoms with E-state index in [4.69, 9.17) is 5.73 Å². The second-order valence-electron chi connectivity index (χ2n) is 6.89. The molecule has 1 saturated carbocycles. The highest BCUT2D eigenvalue weighted by molar-refractivity contribution is 6.03.